The zero-order valence-electron chi connectivity index (χ0n) is 8.73. The molecule has 0 aromatic heterocycles. The third-order valence-corrected chi connectivity index (χ3v) is 3.96. The third kappa shape index (κ3) is 2.45. The first-order chi connectivity index (χ1) is 7.29. The van der Waals surface area contributed by atoms with E-state index >= 15 is 0 Å². The average molecular weight is 218 g/mol. The molecule has 2 unspecified atom stereocenters. The molecule has 0 amide bonds. The number of hydrogen-bond donors (Lipinski definition) is 1. The van der Waals surface area contributed by atoms with Crippen molar-refractivity contribution in [2.24, 2.45) is 0 Å². The Morgan fingerprint density at radius 1 is 1.47 bits per heavy atom. The van der Waals surface area contributed by atoms with Crippen LogP contribution in [0.25, 0.3) is 0 Å². The smallest absolute Gasteiger partial charge is 0.101 e. The number of hydrogen-bond acceptors (Lipinski definition) is 3. The van der Waals surface area contributed by atoms with E-state index in [0.29, 0.717) is 6.04 Å². The lowest BCUT2D eigenvalue weighted by atomic mass is 10.1. The van der Waals surface area contributed by atoms with Crippen molar-refractivity contribution in [2.75, 3.05) is 11.1 Å². The lowest BCUT2D eigenvalue weighted by molar-refractivity contribution is 0.747. The highest BCUT2D eigenvalue weighted by Gasteiger charge is 2.21. The van der Waals surface area contributed by atoms with E-state index in [1.54, 1.807) is 0 Å². The zero-order chi connectivity index (χ0) is 10.7. The molecule has 2 nitrogen and oxygen atoms in total. The molecule has 0 radical (unpaired) electrons. The van der Waals surface area contributed by atoms with Crippen molar-refractivity contribution < 1.29 is 0 Å². The second-order valence-electron chi connectivity index (χ2n) is 3.88. The molecule has 1 aromatic carbocycles. The van der Waals surface area contributed by atoms with Crippen LogP contribution in [0.3, 0.4) is 0 Å². The van der Waals surface area contributed by atoms with Crippen LogP contribution >= 0.6 is 11.8 Å². The van der Waals surface area contributed by atoms with Crippen molar-refractivity contribution in [3.8, 4) is 6.07 Å². The monoisotopic (exact) mass is 218 g/mol. The normalized spacial score (nSPS) is 24.8. The molecule has 1 aromatic rings. The first-order valence-corrected chi connectivity index (χ1v) is 6.21. The highest BCUT2D eigenvalue weighted by molar-refractivity contribution is 8.00. The summed E-state index contributed by atoms with van der Waals surface area (Å²) in [6.07, 6.45) is 1.18. The van der Waals surface area contributed by atoms with Crippen LogP contribution in [0.15, 0.2) is 24.3 Å². The van der Waals surface area contributed by atoms with Crippen LogP contribution in [-0.2, 0) is 0 Å². The van der Waals surface area contributed by atoms with Crippen LogP contribution in [0.5, 0.6) is 0 Å². The number of thioether (sulfide) groups is 1. The Balaban J connectivity index is 2.08. The molecule has 1 aliphatic rings. The van der Waals surface area contributed by atoms with Crippen LogP contribution < -0.4 is 5.32 Å². The van der Waals surface area contributed by atoms with Crippen LogP contribution in [0.4, 0.5) is 5.69 Å². The van der Waals surface area contributed by atoms with Crippen molar-refractivity contribution in [3.63, 3.8) is 0 Å². The molecule has 78 valence electrons. The van der Waals surface area contributed by atoms with Gasteiger partial charge in [-0.05, 0) is 18.6 Å². The third-order valence-electron chi connectivity index (χ3n) is 2.61. The minimum atomic E-state index is 0.513. The molecule has 15 heavy (non-hydrogen) atoms. The van der Waals surface area contributed by atoms with Gasteiger partial charge in [0.05, 0.1) is 11.3 Å². The number of nitrogens with zero attached hydrogens (tertiary/aromatic N) is 1. The molecule has 2 atom stereocenters. The topological polar surface area (TPSA) is 35.8 Å². The molecular formula is C12H14N2S. The van der Waals surface area contributed by atoms with E-state index in [-0.39, 0.29) is 0 Å². The van der Waals surface area contributed by atoms with E-state index in [1.165, 1.54) is 6.42 Å². The van der Waals surface area contributed by atoms with Gasteiger partial charge in [0.15, 0.2) is 0 Å². The summed E-state index contributed by atoms with van der Waals surface area (Å²) >= 11 is 1.99. The largest absolute Gasteiger partial charge is 0.380 e. The van der Waals surface area contributed by atoms with E-state index in [4.69, 9.17) is 5.26 Å². The highest BCUT2D eigenvalue weighted by Crippen LogP contribution is 2.28. The van der Waals surface area contributed by atoms with Gasteiger partial charge in [0.2, 0.25) is 0 Å². The summed E-state index contributed by atoms with van der Waals surface area (Å²) < 4.78 is 0. The second kappa shape index (κ2) is 4.59. The fourth-order valence-electron chi connectivity index (χ4n) is 1.84. The number of benzene rings is 1. The molecule has 3 heteroatoms. The van der Waals surface area contributed by atoms with E-state index in [0.717, 1.165) is 22.3 Å². The standard InChI is InChI=1S/C12H14N2S/c1-9-6-11(8-15-9)14-12-5-3-2-4-10(12)7-13/h2-5,9,11,14H,6,8H2,1H3. The molecule has 0 spiro atoms. The SMILES string of the molecule is CC1CC(Nc2ccccc2C#N)CS1. The number of anilines is 1. The van der Waals surface area contributed by atoms with Crippen molar-refractivity contribution in [3.05, 3.63) is 29.8 Å². The van der Waals surface area contributed by atoms with Crippen molar-refractivity contribution in [1.82, 2.24) is 0 Å². The fraction of sp³-hybridized carbons (Fsp3) is 0.417. The Morgan fingerprint density at radius 3 is 2.93 bits per heavy atom. The molecule has 1 heterocycles. The van der Waals surface area contributed by atoms with Crippen molar-refractivity contribution >= 4 is 17.4 Å². The van der Waals surface area contributed by atoms with Crippen LogP contribution in [-0.4, -0.2) is 17.0 Å². The maximum atomic E-state index is 8.95. The van der Waals surface area contributed by atoms with Crippen LogP contribution in [0.2, 0.25) is 0 Å². The number of nitrogens with one attached hydrogen (secondary N) is 1. The Bertz CT molecular complexity index is 383. The van der Waals surface area contributed by atoms with Gasteiger partial charge in [0, 0.05) is 17.0 Å². The van der Waals surface area contributed by atoms with E-state index in [1.807, 2.05) is 36.0 Å². The molecule has 2 rings (SSSR count). The van der Waals surface area contributed by atoms with Gasteiger partial charge in [0.1, 0.15) is 6.07 Å². The molecule has 1 N–H and O–H groups in total. The molecule has 0 saturated carbocycles. The minimum Gasteiger partial charge on any atom is -0.380 e. The van der Waals surface area contributed by atoms with Gasteiger partial charge in [-0.25, -0.2) is 0 Å². The molecule has 1 aliphatic heterocycles. The summed E-state index contributed by atoms with van der Waals surface area (Å²) in [5, 5.41) is 13.1. The summed E-state index contributed by atoms with van der Waals surface area (Å²) in [6, 6.07) is 10.4. The van der Waals surface area contributed by atoms with Gasteiger partial charge >= 0.3 is 0 Å². The van der Waals surface area contributed by atoms with E-state index < -0.39 is 0 Å². The number of para-hydroxylation sites is 1. The summed E-state index contributed by atoms with van der Waals surface area (Å²) in [5.74, 6) is 1.14. The summed E-state index contributed by atoms with van der Waals surface area (Å²) in [7, 11) is 0. The first kappa shape index (κ1) is 10.4. The predicted molar refractivity (Wildman–Crippen MR) is 65.1 cm³/mol. The maximum Gasteiger partial charge on any atom is 0.101 e. The lowest BCUT2D eigenvalue weighted by Gasteiger charge is -2.14. The van der Waals surface area contributed by atoms with Gasteiger partial charge in [-0.15, -0.1) is 0 Å². The fourth-order valence-corrected chi connectivity index (χ4v) is 2.99. The van der Waals surface area contributed by atoms with Gasteiger partial charge in [-0.2, -0.15) is 17.0 Å². The first-order valence-electron chi connectivity index (χ1n) is 5.17. The molecule has 0 bridgehead atoms. The van der Waals surface area contributed by atoms with Gasteiger partial charge in [-0.3, -0.25) is 0 Å². The summed E-state index contributed by atoms with van der Waals surface area (Å²) in [6.45, 7) is 2.25. The lowest BCUT2D eigenvalue weighted by Crippen LogP contribution is -2.19. The minimum absolute atomic E-state index is 0.513. The van der Waals surface area contributed by atoms with Crippen molar-refractivity contribution in [1.29, 1.82) is 5.26 Å². The van der Waals surface area contributed by atoms with E-state index in [9.17, 15) is 0 Å². The number of rotatable bonds is 2. The predicted octanol–water partition coefficient (Wildman–Crippen LogP) is 2.86. The maximum absolute atomic E-state index is 8.95. The van der Waals surface area contributed by atoms with Gasteiger partial charge in [-0.1, -0.05) is 19.1 Å². The molecular weight excluding hydrogens is 204 g/mol. The van der Waals surface area contributed by atoms with Gasteiger partial charge in [0.25, 0.3) is 0 Å². The van der Waals surface area contributed by atoms with Crippen LogP contribution in [0.1, 0.15) is 18.9 Å². The van der Waals surface area contributed by atoms with Crippen molar-refractivity contribution in [2.45, 2.75) is 24.6 Å². The Morgan fingerprint density at radius 2 is 2.27 bits per heavy atom. The Kier molecular flexibility index (Phi) is 3.17. The number of nitriles is 1. The Labute approximate surface area is 94.7 Å². The van der Waals surface area contributed by atoms with Crippen LogP contribution in [0, 0.1) is 11.3 Å². The summed E-state index contributed by atoms with van der Waals surface area (Å²) in [4.78, 5) is 0. The second-order valence-corrected chi connectivity index (χ2v) is 5.35. The van der Waals surface area contributed by atoms with E-state index in [2.05, 4.69) is 18.3 Å². The zero-order valence-corrected chi connectivity index (χ0v) is 9.55. The Hall–Kier alpha value is -1.14. The summed E-state index contributed by atoms with van der Waals surface area (Å²) in [5.41, 5.74) is 1.71. The molecule has 1 saturated heterocycles. The van der Waals surface area contributed by atoms with Gasteiger partial charge < -0.3 is 5.32 Å². The molecule has 0 aliphatic carbocycles. The quantitative estimate of drug-likeness (QED) is 0.829. The average Bonchev–Trinajstić information content (AvgIpc) is 2.65. The highest BCUT2D eigenvalue weighted by atomic mass is 32.2. The molecule has 1 fully saturated rings.